The van der Waals surface area contributed by atoms with Crippen LogP contribution in [-0.2, 0) is 13.1 Å². The Morgan fingerprint density at radius 1 is 1.03 bits per heavy atom. The minimum Gasteiger partial charge on any atom is -0.491 e. The molecule has 3 aromatic rings. The second kappa shape index (κ2) is 10.6. The fraction of sp³-hybridized carbons (Fsp3) is 0.345. The first-order chi connectivity index (χ1) is 17.1. The number of halogens is 1. The lowest BCUT2D eigenvalue weighted by molar-refractivity contribution is 0.0733. The number of hydrogen-bond acceptors (Lipinski definition) is 4. The SMILES string of the molecule is O=C(c1cccc(-c2ccc(F)cc2)c1)N1CCOc2ccc(CN3CCCC(CO)C3)cc2C1. The first-order valence-electron chi connectivity index (χ1n) is 12.3. The van der Waals surface area contributed by atoms with Gasteiger partial charge in [0.1, 0.15) is 18.2 Å². The molecule has 3 aromatic carbocycles. The summed E-state index contributed by atoms with van der Waals surface area (Å²) in [5, 5.41) is 9.54. The van der Waals surface area contributed by atoms with Crippen LogP contribution in [0.5, 0.6) is 5.75 Å². The van der Waals surface area contributed by atoms with Gasteiger partial charge >= 0.3 is 0 Å². The third kappa shape index (κ3) is 5.55. The van der Waals surface area contributed by atoms with Gasteiger partial charge in [-0.1, -0.05) is 30.3 Å². The average molecular weight is 475 g/mol. The van der Waals surface area contributed by atoms with Crippen molar-refractivity contribution in [3.05, 3.63) is 89.2 Å². The van der Waals surface area contributed by atoms with Crippen LogP contribution < -0.4 is 4.74 Å². The van der Waals surface area contributed by atoms with E-state index >= 15 is 0 Å². The number of fused-ring (bicyclic) bond motifs is 1. The molecule has 1 amide bonds. The number of likely N-dealkylation sites (tertiary alicyclic amines) is 1. The molecular formula is C29H31FN2O3. The summed E-state index contributed by atoms with van der Waals surface area (Å²) in [7, 11) is 0. The molecule has 0 radical (unpaired) electrons. The lowest BCUT2D eigenvalue weighted by atomic mass is 9.98. The zero-order valence-electron chi connectivity index (χ0n) is 19.8. The summed E-state index contributed by atoms with van der Waals surface area (Å²) in [6.07, 6.45) is 2.20. The van der Waals surface area contributed by atoms with Crippen molar-refractivity contribution in [1.29, 1.82) is 0 Å². The highest BCUT2D eigenvalue weighted by Gasteiger charge is 2.23. The molecule has 2 aliphatic rings. The van der Waals surface area contributed by atoms with Crippen LogP contribution in [0.4, 0.5) is 4.39 Å². The number of amides is 1. The fourth-order valence-corrected chi connectivity index (χ4v) is 5.08. The minimum atomic E-state index is -0.280. The van der Waals surface area contributed by atoms with E-state index in [2.05, 4.69) is 17.0 Å². The first-order valence-corrected chi connectivity index (χ1v) is 12.3. The number of aliphatic hydroxyl groups is 1. The van der Waals surface area contributed by atoms with Crippen molar-refractivity contribution in [2.24, 2.45) is 5.92 Å². The van der Waals surface area contributed by atoms with Crippen LogP contribution in [0, 0.1) is 11.7 Å². The number of rotatable bonds is 5. The summed E-state index contributed by atoms with van der Waals surface area (Å²) in [6.45, 7) is 4.47. The molecule has 35 heavy (non-hydrogen) atoms. The molecule has 0 saturated carbocycles. The summed E-state index contributed by atoms with van der Waals surface area (Å²) in [6, 6.07) is 20.1. The number of carbonyl (C=O) groups excluding carboxylic acids is 1. The van der Waals surface area contributed by atoms with Gasteiger partial charge in [-0.15, -0.1) is 0 Å². The van der Waals surface area contributed by atoms with Gasteiger partial charge in [-0.25, -0.2) is 4.39 Å². The predicted octanol–water partition coefficient (Wildman–Crippen LogP) is 4.73. The highest BCUT2D eigenvalue weighted by molar-refractivity contribution is 5.95. The molecule has 182 valence electrons. The Kier molecular flexibility index (Phi) is 7.11. The van der Waals surface area contributed by atoms with E-state index in [0.29, 0.717) is 31.2 Å². The molecule has 0 bridgehead atoms. The fourth-order valence-electron chi connectivity index (χ4n) is 5.08. The number of hydrogen-bond donors (Lipinski definition) is 1. The van der Waals surface area contributed by atoms with Gasteiger partial charge in [0.25, 0.3) is 5.91 Å². The molecule has 5 rings (SSSR count). The Bertz CT molecular complexity index is 1180. The largest absolute Gasteiger partial charge is 0.491 e. The number of piperidine rings is 1. The monoisotopic (exact) mass is 474 g/mol. The molecule has 2 aliphatic heterocycles. The second-order valence-corrected chi connectivity index (χ2v) is 9.53. The van der Waals surface area contributed by atoms with Gasteiger partial charge in [-0.2, -0.15) is 0 Å². The summed E-state index contributed by atoms with van der Waals surface area (Å²) in [4.78, 5) is 17.7. The van der Waals surface area contributed by atoms with E-state index in [-0.39, 0.29) is 18.3 Å². The van der Waals surface area contributed by atoms with Crippen LogP contribution in [0.25, 0.3) is 11.1 Å². The molecule has 0 aromatic heterocycles. The van der Waals surface area contributed by atoms with Crippen LogP contribution >= 0.6 is 0 Å². The van der Waals surface area contributed by atoms with E-state index in [1.807, 2.05) is 35.2 Å². The highest BCUT2D eigenvalue weighted by atomic mass is 19.1. The lowest BCUT2D eigenvalue weighted by Crippen LogP contribution is -2.36. The molecule has 6 heteroatoms. The molecule has 0 spiro atoms. The zero-order valence-corrected chi connectivity index (χ0v) is 19.8. The molecule has 1 N–H and O–H groups in total. The molecule has 5 nitrogen and oxygen atoms in total. The number of ether oxygens (including phenoxy) is 1. The van der Waals surface area contributed by atoms with Crippen LogP contribution in [-0.4, -0.2) is 53.7 Å². The van der Waals surface area contributed by atoms with E-state index in [1.165, 1.54) is 17.7 Å². The number of carbonyl (C=O) groups is 1. The van der Waals surface area contributed by atoms with Crippen LogP contribution in [0.3, 0.4) is 0 Å². The third-order valence-electron chi connectivity index (χ3n) is 6.95. The average Bonchev–Trinajstić information content (AvgIpc) is 3.11. The maximum absolute atomic E-state index is 13.4. The van der Waals surface area contributed by atoms with E-state index in [1.54, 1.807) is 12.1 Å². The van der Waals surface area contributed by atoms with E-state index in [4.69, 9.17) is 4.74 Å². The van der Waals surface area contributed by atoms with Crippen LogP contribution in [0.2, 0.25) is 0 Å². The molecule has 1 fully saturated rings. The smallest absolute Gasteiger partial charge is 0.254 e. The van der Waals surface area contributed by atoms with Gasteiger partial charge in [-0.05, 0) is 78.4 Å². The summed E-state index contributed by atoms with van der Waals surface area (Å²) in [5.41, 5.74) is 4.57. The van der Waals surface area contributed by atoms with Crippen molar-refractivity contribution in [1.82, 2.24) is 9.80 Å². The molecule has 1 unspecified atom stereocenters. The Morgan fingerprint density at radius 3 is 2.71 bits per heavy atom. The Morgan fingerprint density at radius 2 is 1.89 bits per heavy atom. The maximum Gasteiger partial charge on any atom is 0.254 e. The van der Waals surface area contributed by atoms with E-state index in [0.717, 1.165) is 54.9 Å². The van der Waals surface area contributed by atoms with Gasteiger partial charge in [0.15, 0.2) is 0 Å². The molecular weight excluding hydrogens is 443 g/mol. The van der Waals surface area contributed by atoms with Gasteiger partial charge in [0, 0.05) is 37.4 Å². The van der Waals surface area contributed by atoms with Gasteiger partial charge < -0.3 is 14.7 Å². The van der Waals surface area contributed by atoms with E-state index in [9.17, 15) is 14.3 Å². The molecule has 2 heterocycles. The quantitative estimate of drug-likeness (QED) is 0.581. The summed E-state index contributed by atoms with van der Waals surface area (Å²) >= 11 is 0. The number of aliphatic hydroxyl groups excluding tert-OH is 1. The van der Waals surface area contributed by atoms with Crippen LogP contribution in [0.1, 0.15) is 34.3 Å². The summed E-state index contributed by atoms with van der Waals surface area (Å²) in [5.74, 6) is 0.859. The van der Waals surface area contributed by atoms with Gasteiger partial charge in [0.05, 0.1) is 6.54 Å². The van der Waals surface area contributed by atoms with Crippen molar-refractivity contribution in [2.75, 3.05) is 32.8 Å². The predicted molar refractivity (Wildman–Crippen MR) is 134 cm³/mol. The molecule has 1 atom stereocenters. The maximum atomic E-state index is 13.4. The Labute approximate surface area is 205 Å². The van der Waals surface area contributed by atoms with E-state index < -0.39 is 0 Å². The standard InChI is InChI=1S/C29H31FN2O3/c30-27-9-7-23(8-10-27)24-4-1-5-25(16-24)29(34)32-13-14-35-28-11-6-21(15-26(28)19-32)17-31-12-2-3-22(18-31)20-33/h1,4-11,15-16,22,33H,2-3,12-14,17-20H2. The number of nitrogens with zero attached hydrogens (tertiary/aromatic N) is 2. The number of benzene rings is 3. The minimum absolute atomic E-state index is 0.0439. The first kappa shape index (κ1) is 23.5. The molecule has 1 saturated heterocycles. The molecule has 0 aliphatic carbocycles. The zero-order chi connectivity index (χ0) is 24.2. The Hall–Kier alpha value is -3.22. The van der Waals surface area contributed by atoms with Gasteiger partial charge in [0.2, 0.25) is 0 Å². The highest BCUT2D eigenvalue weighted by Crippen LogP contribution is 2.28. The lowest BCUT2D eigenvalue weighted by Gasteiger charge is -2.32. The third-order valence-corrected chi connectivity index (χ3v) is 6.95. The topological polar surface area (TPSA) is 53.0 Å². The second-order valence-electron chi connectivity index (χ2n) is 9.53. The normalized spacial score (nSPS) is 18.5. The van der Waals surface area contributed by atoms with Gasteiger partial charge in [-0.3, -0.25) is 9.69 Å². The van der Waals surface area contributed by atoms with Crippen molar-refractivity contribution in [3.8, 4) is 16.9 Å². The summed E-state index contributed by atoms with van der Waals surface area (Å²) < 4.78 is 19.3. The van der Waals surface area contributed by atoms with Crippen LogP contribution in [0.15, 0.2) is 66.7 Å². The van der Waals surface area contributed by atoms with Crippen molar-refractivity contribution in [3.63, 3.8) is 0 Å². The van der Waals surface area contributed by atoms with Crippen molar-refractivity contribution in [2.45, 2.75) is 25.9 Å². The van der Waals surface area contributed by atoms with Crippen molar-refractivity contribution >= 4 is 5.91 Å². The van der Waals surface area contributed by atoms with Crippen molar-refractivity contribution < 1.29 is 19.0 Å². The Balaban J connectivity index is 1.32.